The van der Waals surface area contributed by atoms with Gasteiger partial charge in [-0.05, 0) is 32.9 Å². The van der Waals surface area contributed by atoms with Gasteiger partial charge in [-0.3, -0.25) is 4.99 Å². The molecule has 0 saturated carbocycles. The third kappa shape index (κ3) is 5.17. The van der Waals surface area contributed by atoms with Crippen molar-refractivity contribution in [3.8, 4) is 5.88 Å². The summed E-state index contributed by atoms with van der Waals surface area (Å²) in [5.41, 5.74) is 1.60. The van der Waals surface area contributed by atoms with Crippen LogP contribution in [-0.4, -0.2) is 48.9 Å². The van der Waals surface area contributed by atoms with Crippen LogP contribution in [0.3, 0.4) is 0 Å². The number of esters is 1. The van der Waals surface area contributed by atoms with E-state index in [-0.39, 0.29) is 11.6 Å². The smallest absolute Gasteiger partial charge is 0.360 e. The van der Waals surface area contributed by atoms with E-state index in [4.69, 9.17) is 4.84 Å². The number of ether oxygens (including phenoxy) is 1. The summed E-state index contributed by atoms with van der Waals surface area (Å²) in [4.78, 5) is 30.1. The molecule has 0 aliphatic heterocycles. The summed E-state index contributed by atoms with van der Waals surface area (Å²) in [6.07, 6.45) is 1.51. The molecule has 8 heteroatoms. The van der Waals surface area contributed by atoms with E-state index in [2.05, 4.69) is 29.9 Å². The summed E-state index contributed by atoms with van der Waals surface area (Å²) in [5, 5.41) is 7.64. The first-order valence-electron chi connectivity index (χ1n) is 6.93. The number of nitrogens with zero attached hydrogens (tertiary/aromatic N) is 4. The summed E-state index contributed by atoms with van der Waals surface area (Å²) in [6, 6.07) is 3.24. The molecule has 0 aromatic carbocycles. The molecule has 1 aromatic heterocycles. The topological polar surface area (TPSA) is 94.7 Å². The van der Waals surface area contributed by atoms with Gasteiger partial charge in [0, 0.05) is 12.7 Å². The average molecular weight is 320 g/mol. The van der Waals surface area contributed by atoms with Crippen molar-refractivity contribution < 1.29 is 19.2 Å². The maximum atomic E-state index is 11.8. The molecule has 0 N–H and O–H groups in total. The van der Waals surface area contributed by atoms with Crippen molar-refractivity contribution in [3.05, 3.63) is 23.9 Å². The van der Waals surface area contributed by atoms with Gasteiger partial charge < -0.3 is 14.4 Å². The molecule has 0 aliphatic rings. The zero-order chi connectivity index (χ0) is 17.2. The van der Waals surface area contributed by atoms with Gasteiger partial charge in [-0.25, -0.2) is 9.78 Å². The van der Waals surface area contributed by atoms with Crippen LogP contribution in [0, 0.1) is 0 Å². The molecule has 23 heavy (non-hydrogen) atoms. The Morgan fingerprint density at radius 1 is 1.22 bits per heavy atom. The number of methoxy groups -OCH3 is 1. The Bertz CT molecular complexity index is 638. The SMILES string of the molecule is CCN=C(C)/C(C)=N/Oc1ncccc1/C(=N\OC)C(=O)OC. The number of carbonyl (C=O) groups is 1. The fourth-order valence-corrected chi connectivity index (χ4v) is 1.56. The molecule has 0 aliphatic carbocycles. The van der Waals surface area contributed by atoms with E-state index in [0.29, 0.717) is 17.8 Å². The second-order valence-electron chi connectivity index (χ2n) is 4.30. The Morgan fingerprint density at radius 3 is 2.57 bits per heavy atom. The van der Waals surface area contributed by atoms with E-state index in [0.717, 1.165) is 5.71 Å². The Hall–Kier alpha value is -2.77. The first kappa shape index (κ1) is 18.3. The predicted octanol–water partition coefficient (Wildman–Crippen LogP) is 1.84. The lowest BCUT2D eigenvalue weighted by Gasteiger charge is -2.07. The molecule has 0 atom stereocenters. The number of aliphatic imine (C=N–C) groups is 1. The third-order valence-electron chi connectivity index (χ3n) is 2.78. The number of hydrogen-bond donors (Lipinski definition) is 0. The van der Waals surface area contributed by atoms with Gasteiger partial charge in [0.25, 0.3) is 5.88 Å². The van der Waals surface area contributed by atoms with Gasteiger partial charge in [0.2, 0.25) is 0 Å². The van der Waals surface area contributed by atoms with Crippen LogP contribution >= 0.6 is 0 Å². The summed E-state index contributed by atoms with van der Waals surface area (Å²) < 4.78 is 4.68. The number of carbonyl (C=O) groups excluding carboxylic acids is 1. The number of rotatable bonds is 7. The molecule has 1 aromatic rings. The molecule has 1 heterocycles. The zero-order valence-electron chi connectivity index (χ0n) is 13.9. The molecule has 1 rings (SSSR count). The standard InChI is InChI=1S/C15H20N4O4/c1-6-16-10(2)11(3)18-23-14-12(8-7-9-17-14)13(19-22-5)15(20)21-4/h7-9H,6H2,1-5H3/b16-10?,18-11+,19-13+. The Balaban J connectivity index is 3.15. The zero-order valence-corrected chi connectivity index (χ0v) is 13.9. The lowest BCUT2D eigenvalue weighted by atomic mass is 10.1. The first-order valence-corrected chi connectivity index (χ1v) is 6.93. The Morgan fingerprint density at radius 2 is 1.96 bits per heavy atom. The second kappa shape index (κ2) is 9.29. The molecule has 124 valence electrons. The summed E-state index contributed by atoms with van der Waals surface area (Å²) in [6.45, 7) is 6.18. The van der Waals surface area contributed by atoms with E-state index < -0.39 is 5.97 Å². The minimum atomic E-state index is -0.672. The largest absolute Gasteiger partial charge is 0.464 e. The molecule has 0 spiro atoms. The molecule has 0 unspecified atom stereocenters. The highest BCUT2D eigenvalue weighted by molar-refractivity contribution is 6.43. The van der Waals surface area contributed by atoms with Crippen molar-refractivity contribution in [2.75, 3.05) is 20.8 Å². The van der Waals surface area contributed by atoms with Gasteiger partial charge in [-0.15, -0.1) is 0 Å². The summed E-state index contributed by atoms with van der Waals surface area (Å²) in [5.74, 6) is -0.563. The quantitative estimate of drug-likeness (QED) is 0.434. The lowest BCUT2D eigenvalue weighted by Crippen LogP contribution is -2.19. The van der Waals surface area contributed by atoms with Crippen LogP contribution in [0.1, 0.15) is 26.3 Å². The van der Waals surface area contributed by atoms with Gasteiger partial charge in [-0.2, -0.15) is 0 Å². The van der Waals surface area contributed by atoms with Crippen LogP contribution in [0.5, 0.6) is 5.88 Å². The van der Waals surface area contributed by atoms with Crippen LogP contribution in [0.25, 0.3) is 0 Å². The van der Waals surface area contributed by atoms with E-state index >= 15 is 0 Å². The Kier molecular flexibility index (Phi) is 7.38. The number of hydrogen-bond acceptors (Lipinski definition) is 8. The molecular formula is C15H20N4O4. The molecule has 0 saturated heterocycles. The molecule has 0 fully saturated rings. The fraction of sp³-hybridized carbons (Fsp3) is 0.400. The van der Waals surface area contributed by atoms with Crippen molar-refractivity contribution in [2.45, 2.75) is 20.8 Å². The maximum absolute atomic E-state index is 11.8. The van der Waals surface area contributed by atoms with E-state index in [1.165, 1.54) is 20.4 Å². The fourth-order valence-electron chi connectivity index (χ4n) is 1.56. The minimum absolute atomic E-state index is 0.0649. The van der Waals surface area contributed by atoms with Crippen LogP contribution in [0.2, 0.25) is 0 Å². The van der Waals surface area contributed by atoms with E-state index in [1.807, 2.05) is 13.8 Å². The number of pyridine rings is 1. The van der Waals surface area contributed by atoms with Crippen molar-refractivity contribution in [1.82, 2.24) is 4.98 Å². The van der Waals surface area contributed by atoms with Gasteiger partial charge in [0.05, 0.1) is 24.1 Å². The monoisotopic (exact) mass is 320 g/mol. The Labute approximate surface area is 134 Å². The highest BCUT2D eigenvalue weighted by atomic mass is 16.6. The molecule has 8 nitrogen and oxygen atoms in total. The van der Waals surface area contributed by atoms with Crippen molar-refractivity contribution in [1.29, 1.82) is 0 Å². The predicted molar refractivity (Wildman–Crippen MR) is 87.2 cm³/mol. The summed E-state index contributed by atoms with van der Waals surface area (Å²) in [7, 11) is 2.57. The third-order valence-corrected chi connectivity index (χ3v) is 2.78. The highest BCUT2D eigenvalue weighted by Gasteiger charge is 2.21. The lowest BCUT2D eigenvalue weighted by molar-refractivity contribution is -0.132. The molecule has 0 bridgehead atoms. The van der Waals surface area contributed by atoms with E-state index in [1.54, 1.807) is 19.1 Å². The second-order valence-corrected chi connectivity index (χ2v) is 4.30. The van der Waals surface area contributed by atoms with Crippen molar-refractivity contribution in [2.24, 2.45) is 15.3 Å². The summed E-state index contributed by atoms with van der Waals surface area (Å²) >= 11 is 0. The van der Waals surface area contributed by atoms with Crippen molar-refractivity contribution in [3.63, 3.8) is 0 Å². The molecular weight excluding hydrogens is 300 g/mol. The average Bonchev–Trinajstić information content (AvgIpc) is 2.57. The van der Waals surface area contributed by atoms with Crippen LogP contribution in [-0.2, 0) is 14.4 Å². The van der Waals surface area contributed by atoms with Gasteiger partial charge in [-0.1, -0.05) is 10.3 Å². The van der Waals surface area contributed by atoms with Gasteiger partial charge in [0.15, 0.2) is 5.71 Å². The van der Waals surface area contributed by atoms with Crippen LogP contribution in [0.15, 0.2) is 33.6 Å². The first-order chi connectivity index (χ1) is 11.0. The number of aromatic nitrogens is 1. The molecule has 0 radical (unpaired) electrons. The maximum Gasteiger partial charge on any atom is 0.360 e. The van der Waals surface area contributed by atoms with Crippen LogP contribution < -0.4 is 4.84 Å². The van der Waals surface area contributed by atoms with Gasteiger partial charge in [0.1, 0.15) is 7.11 Å². The van der Waals surface area contributed by atoms with Crippen LogP contribution in [0.4, 0.5) is 0 Å². The number of oxime groups is 2. The molecule has 0 amide bonds. The minimum Gasteiger partial charge on any atom is -0.464 e. The van der Waals surface area contributed by atoms with Gasteiger partial charge >= 0.3 is 5.97 Å². The van der Waals surface area contributed by atoms with Crippen molar-refractivity contribution >= 4 is 23.1 Å². The highest BCUT2D eigenvalue weighted by Crippen LogP contribution is 2.17. The van der Waals surface area contributed by atoms with E-state index in [9.17, 15) is 4.79 Å². The normalized spacial score (nSPS) is 12.8.